The molecule has 1 aromatic heterocycles. The van der Waals surface area contributed by atoms with Crippen molar-refractivity contribution < 1.29 is 14.3 Å². The molecule has 2 N–H and O–H groups in total. The topological polar surface area (TPSA) is 85.3 Å². The molecule has 4 rings (SSSR count). The Kier molecular flexibility index (Phi) is 5.72. The molecule has 2 amide bonds. The summed E-state index contributed by atoms with van der Waals surface area (Å²) in [5.41, 5.74) is 2.15. The van der Waals surface area contributed by atoms with Crippen molar-refractivity contribution in [3.63, 3.8) is 0 Å². The molecule has 8 heteroatoms. The minimum Gasteiger partial charge on any atom is -0.484 e. The van der Waals surface area contributed by atoms with E-state index in [0.717, 1.165) is 24.2 Å². The van der Waals surface area contributed by atoms with Gasteiger partial charge >= 0.3 is 0 Å². The third kappa shape index (κ3) is 4.99. The van der Waals surface area contributed by atoms with Crippen molar-refractivity contribution >= 4 is 34.9 Å². The minimum atomic E-state index is -0.328. The summed E-state index contributed by atoms with van der Waals surface area (Å²) in [6, 6.07) is 16.0. The van der Waals surface area contributed by atoms with E-state index in [2.05, 4.69) is 15.7 Å². The zero-order chi connectivity index (χ0) is 21.1. The average molecular weight is 425 g/mol. The molecule has 0 aliphatic heterocycles. The highest BCUT2D eigenvalue weighted by Gasteiger charge is 2.29. The minimum absolute atomic E-state index is 0.0227. The Morgan fingerprint density at radius 2 is 1.93 bits per heavy atom. The normalized spacial score (nSPS) is 13.0. The Bertz CT molecular complexity index is 1090. The van der Waals surface area contributed by atoms with Crippen molar-refractivity contribution in [2.75, 3.05) is 17.2 Å². The Balaban J connectivity index is 1.38. The van der Waals surface area contributed by atoms with Crippen LogP contribution in [0.3, 0.4) is 0 Å². The van der Waals surface area contributed by atoms with E-state index in [9.17, 15) is 9.59 Å². The number of benzene rings is 2. The van der Waals surface area contributed by atoms with E-state index in [0.29, 0.717) is 22.3 Å². The molecule has 7 nitrogen and oxygen atoms in total. The van der Waals surface area contributed by atoms with E-state index in [-0.39, 0.29) is 24.3 Å². The van der Waals surface area contributed by atoms with Gasteiger partial charge in [-0.1, -0.05) is 23.7 Å². The highest BCUT2D eigenvalue weighted by atomic mass is 35.5. The summed E-state index contributed by atoms with van der Waals surface area (Å²) in [6.07, 6.45) is 1.88. The second-order valence-electron chi connectivity index (χ2n) is 7.19. The van der Waals surface area contributed by atoms with Crippen molar-refractivity contribution in [1.82, 2.24) is 9.78 Å². The maximum atomic E-state index is 12.4. The van der Waals surface area contributed by atoms with Crippen molar-refractivity contribution in [2.24, 2.45) is 5.92 Å². The average Bonchev–Trinajstić information content (AvgIpc) is 3.50. The second kappa shape index (κ2) is 8.59. The zero-order valence-corrected chi connectivity index (χ0v) is 17.1. The number of nitrogens with zero attached hydrogens (tertiary/aromatic N) is 2. The van der Waals surface area contributed by atoms with E-state index < -0.39 is 0 Å². The zero-order valence-electron chi connectivity index (χ0n) is 16.4. The van der Waals surface area contributed by atoms with E-state index in [1.54, 1.807) is 47.1 Å². The molecule has 1 aliphatic carbocycles. The number of aryl methyl sites for hydroxylation is 1. The summed E-state index contributed by atoms with van der Waals surface area (Å²) < 4.78 is 7.21. The molecule has 1 heterocycles. The van der Waals surface area contributed by atoms with Crippen LogP contribution in [0, 0.1) is 12.8 Å². The number of carbonyl (C=O) groups excluding carboxylic acids is 2. The number of anilines is 2. The summed E-state index contributed by atoms with van der Waals surface area (Å²) in [5.74, 6) is 0.834. The number of hydrogen-bond acceptors (Lipinski definition) is 4. The summed E-state index contributed by atoms with van der Waals surface area (Å²) in [7, 11) is 0. The van der Waals surface area contributed by atoms with E-state index in [1.165, 1.54) is 0 Å². The van der Waals surface area contributed by atoms with Gasteiger partial charge in [0.25, 0.3) is 5.91 Å². The molecule has 2 aromatic carbocycles. The molecule has 0 unspecified atom stereocenters. The summed E-state index contributed by atoms with van der Waals surface area (Å²) >= 11 is 6.07. The smallest absolute Gasteiger partial charge is 0.263 e. The number of ether oxygens (including phenoxy) is 1. The Morgan fingerprint density at radius 1 is 1.13 bits per heavy atom. The Morgan fingerprint density at radius 3 is 2.70 bits per heavy atom. The largest absolute Gasteiger partial charge is 0.484 e. The molecular formula is C22H21ClN4O3. The predicted molar refractivity (Wildman–Crippen MR) is 115 cm³/mol. The number of hydrogen-bond donors (Lipinski definition) is 2. The van der Waals surface area contributed by atoms with Gasteiger partial charge in [0.15, 0.2) is 6.61 Å². The number of amides is 2. The van der Waals surface area contributed by atoms with E-state index in [1.807, 2.05) is 19.1 Å². The fourth-order valence-corrected chi connectivity index (χ4v) is 3.16. The lowest BCUT2D eigenvalue weighted by atomic mass is 10.3. The van der Waals surface area contributed by atoms with Gasteiger partial charge in [0.05, 0.1) is 11.4 Å². The van der Waals surface area contributed by atoms with Crippen LogP contribution in [0.15, 0.2) is 54.6 Å². The first-order valence-electron chi connectivity index (χ1n) is 9.64. The van der Waals surface area contributed by atoms with Crippen LogP contribution >= 0.6 is 11.6 Å². The van der Waals surface area contributed by atoms with Crippen LogP contribution in [0.2, 0.25) is 5.02 Å². The number of carbonyl (C=O) groups is 2. The van der Waals surface area contributed by atoms with Gasteiger partial charge in [0, 0.05) is 28.8 Å². The molecule has 154 valence electrons. The number of aromatic nitrogens is 2. The number of rotatable bonds is 7. The van der Waals surface area contributed by atoms with Crippen LogP contribution in [0.1, 0.15) is 18.5 Å². The van der Waals surface area contributed by atoms with Crippen LogP contribution in [0.4, 0.5) is 11.5 Å². The third-order valence-corrected chi connectivity index (χ3v) is 4.81. The molecule has 0 atom stereocenters. The fourth-order valence-electron chi connectivity index (χ4n) is 2.97. The van der Waals surface area contributed by atoms with Crippen molar-refractivity contribution in [1.29, 1.82) is 0 Å². The molecule has 1 fully saturated rings. The first-order chi connectivity index (χ1) is 14.5. The van der Waals surface area contributed by atoms with Crippen molar-refractivity contribution in [2.45, 2.75) is 19.8 Å². The van der Waals surface area contributed by atoms with Gasteiger partial charge in [-0.3, -0.25) is 9.59 Å². The lowest BCUT2D eigenvalue weighted by Crippen LogP contribution is -2.22. The molecule has 0 radical (unpaired) electrons. The highest BCUT2D eigenvalue weighted by Crippen LogP contribution is 2.30. The first-order valence-corrected chi connectivity index (χ1v) is 10.0. The Labute approximate surface area is 179 Å². The number of halogens is 1. The third-order valence-electron chi connectivity index (χ3n) is 4.57. The van der Waals surface area contributed by atoms with Gasteiger partial charge in [-0.15, -0.1) is 0 Å². The fraction of sp³-hybridized carbons (Fsp3) is 0.227. The van der Waals surface area contributed by atoms with E-state index in [4.69, 9.17) is 16.3 Å². The summed E-state index contributed by atoms with van der Waals surface area (Å²) in [4.78, 5) is 24.3. The summed E-state index contributed by atoms with van der Waals surface area (Å²) in [6.45, 7) is 1.66. The van der Waals surface area contributed by atoms with Gasteiger partial charge in [-0.05, 0) is 50.1 Å². The standard InChI is InChI=1S/C22H21ClN4O3/c1-14-10-20(27(26-14)18-6-2-4-16(23)11-18)25-21(28)13-30-19-7-3-5-17(12-19)24-22(29)15-8-9-15/h2-7,10-12,15H,8-9,13H2,1H3,(H,24,29)(H,25,28). The second-order valence-corrected chi connectivity index (χ2v) is 7.63. The first kappa shape index (κ1) is 20.0. The molecule has 0 saturated heterocycles. The SMILES string of the molecule is Cc1cc(NC(=O)COc2cccc(NC(=O)C3CC3)c2)n(-c2cccc(Cl)c2)n1. The molecule has 0 bridgehead atoms. The highest BCUT2D eigenvalue weighted by molar-refractivity contribution is 6.30. The maximum Gasteiger partial charge on any atom is 0.263 e. The quantitative estimate of drug-likeness (QED) is 0.595. The van der Waals surface area contributed by atoms with Gasteiger partial charge in [0.2, 0.25) is 5.91 Å². The lowest BCUT2D eigenvalue weighted by molar-refractivity contribution is -0.118. The van der Waals surface area contributed by atoms with Crippen LogP contribution in [-0.2, 0) is 9.59 Å². The monoisotopic (exact) mass is 424 g/mol. The number of nitrogens with one attached hydrogen (secondary N) is 2. The Hall–Kier alpha value is -3.32. The van der Waals surface area contributed by atoms with Gasteiger partial charge in [-0.25, -0.2) is 4.68 Å². The van der Waals surface area contributed by atoms with Crippen LogP contribution in [0.25, 0.3) is 5.69 Å². The molecule has 3 aromatic rings. The van der Waals surface area contributed by atoms with Crippen molar-refractivity contribution in [3.05, 3.63) is 65.3 Å². The van der Waals surface area contributed by atoms with Gasteiger partial charge in [0.1, 0.15) is 11.6 Å². The molecule has 0 spiro atoms. The molecule has 1 saturated carbocycles. The molecule has 30 heavy (non-hydrogen) atoms. The van der Waals surface area contributed by atoms with Crippen LogP contribution < -0.4 is 15.4 Å². The van der Waals surface area contributed by atoms with Gasteiger partial charge in [-0.2, -0.15) is 5.10 Å². The van der Waals surface area contributed by atoms with E-state index >= 15 is 0 Å². The molecule has 1 aliphatic rings. The van der Waals surface area contributed by atoms with Crippen LogP contribution in [0.5, 0.6) is 5.75 Å². The van der Waals surface area contributed by atoms with Crippen LogP contribution in [-0.4, -0.2) is 28.2 Å². The predicted octanol–water partition coefficient (Wildman–Crippen LogP) is 4.20. The molecular weight excluding hydrogens is 404 g/mol. The van der Waals surface area contributed by atoms with Gasteiger partial charge < -0.3 is 15.4 Å². The lowest BCUT2D eigenvalue weighted by Gasteiger charge is -2.11. The van der Waals surface area contributed by atoms with Crippen molar-refractivity contribution in [3.8, 4) is 11.4 Å². The summed E-state index contributed by atoms with van der Waals surface area (Å²) in [5, 5.41) is 10.7. The maximum absolute atomic E-state index is 12.4.